The second-order valence-corrected chi connectivity index (χ2v) is 6.73. The Morgan fingerprint density at radius 1 is 1.30 bits per heavy atom. The molecule has 4 nitrogen and oxygen atoms in total. The van der Waals surface area contributed by atoms with Crippen LogP contribution in [-0.2, 0) is 9.59 Å². The molecule has 2 rings (SSSR count). The van der Waals surface area contributed by atoms with Crippen LogP contribution in [0.25, 0.3) is 0 Å². The van der Waals surface area contributed by atoms with Crippen LogP contribution >= 0.6 is 0 Å². The minimum absolute atomic E-state index is 0.0316. The molecule has 0 aromatic carbocycles. The van der Waals surface area contributed by atoms with Crippen molar-refractivity contribution in [1.82, 2.24) is 10.2 Å². The van der Waals surface area contributed by atoms with Gasteiger partial charge in [-0.1, -0.05) is 33.6 Å². The Hall–Kier alpha value is -1.06. The minimum Gasteiger partial charge on any atom is -0.342 e. The molecule has 20 heavy (non-hydrogen) atoms. The van der Waals surface area contributed by atoms with E-state index in [0.717, 1.165) is 25.3 Å². The van der Waals surface area contributed by atoms with Crippen LogP contribution < -0.4 is 5.32 Å². The van der Waals surface area contributed by atoms with Gasteiger partial charge in [-0.25, -0.2) is 0 Å². The normalized spacial score (nSPS) is 27.1. The van der Waals surface area contributed by atoms with E-state index in [0.29, 0.717) is 12.3 Å². The fourth-order valence-electron chi connectivity index (χ4n) is 3.08. The summed E-state index contributed by atoms with van der Waals surface area (Å²) in [6.45, 7) is 6.90. The summed E-state index contributed by atoms with van der Waals surface area (Å²) in [5, 5.41) is 2.91. The van der Waals surface area contributed by atoms with E-state index in [4.69, 9.17) is 0 Å². The highest BCUT2D eigenvalue weighted by molar-refractivity contribution is 5.96. The van der Waals surface area contributed by atoms with Gasteiger partial charge in [0.2, 0.25) is 11.8 Å². The maximum Gasteiger partial charge on any atom is 0.245 e. The molecular weight excluding hydrogens is 252 g/mol. The highest BCUT2D eigenvalue weighted by atomic mass is 16.2. The SMILES string of the molecule is CCC1C(=O)NC(CC(C)C)C(=O)N1CCCC1CC1. The van der Waals surface area contributed by atoms with Gasteiger partial charge in [-0.3, -0.25) is 9.59 Å². The lowest BCUT2D eigenvalue weighted by Gasteiger charge is -2.39. The smallest absolute Gasteiger partial charge is 0.245 e. The lowest BCUT2D eigenvalue weighted by atomic mass is 9.97. The van der Waals surface area contributed by atoms with Crippen LogP contribution in [-0.4, -0.2) is 35.3 Å². The summed E-state index contributed by atoms with van der Waals surface area (Å²) in [6, 6.07) is -0.573. The van der Waals surface area contributed by atoms with E-state index >= 15 is 0 Å². The zero-order chi connectivity index (χ0) is 14.7. The van der Waals surface area contributed by atoms with Crippen molar-refractivity contribution >= 4 is 11.8 Å². The molecule has 2 amide bonds. The topological polar surface area (TPSA) is 49.4 Å². The molecule has 1 aliphatic heterocycles. The van der Waals surface area contributed by atoms with Gasteiger partial charge in [-0.05, 0) is 37.5 Å². The van der Waals surface area contributed by atoms with Crippen molar-refractivity contribution in [3.05, 3.63) is 0 Å². The van der Waals surface area contributed by atoms with E-state index in [-0.39, 0.29) is 23.9 Å². The molecule has 0 radical (unpaired) electrons. The molecular formula is C16H28N2O2. The van der Waals surface area contributed by atoms with Crippen LogP contribution in [0.5, 0.6) is 0 Å². The highest BCUT2D eigenvalue weighted by Gasteiger charge is 2.39. The molecule has 0 aromatic heterocycles. The summed E-state index contributed by atoms with van der Waals surface area (Å²) in [5.74, 6) is 1.45. The number of carbonyl (C=O) groups excluding carboxylic acids is 2. The van der Waals surface area contributed by atoms with Gasteiger partial charge in [0.05, 0.1) is 0 Å². The summed E-state index contributed by atoms with van der Waals surface area (Å²) >= 11 is 0. The Kier molecular flexibility index (Phi) is 5.06. The van der Waals surface area contributed by atoms with Crippen LogP contribution in [0.4, 0.5) is 0 Å². The number of rotatable bonds is 7. The molecule has 2 atom stereocenters. The van der Waals surface area contributed by atoms with E-state index < -0.39 is 0 Å². The molecule has 0 spiro atoms. The second kappa shape index (κ2) is 6.59. The number of nitrogens with zero attached hydrogens (tertiary/aromatic N) is 1. The standard InChI is InChI=1S/C16H28N2O2/c1-4-14-15(19)17-13(10-11(2)3)16(20)18(14)9-5-6-12-7-8-12/h11-14H,4-10H2,1-3H3,(H,17,19). The zero-order valence-electron chi connectivity index (χ0n) is 13.0. The lowest BCUT2D eigenvalue weighted by molar-refractivity contribution is -0.150. The molecule has 2 aliphatic rings. The first kappa shape index (κ1) is 15.3. The van der Waals surface area contributed by atoms with E-state index in [2.05, 4.69) is 19.2 Å². The molecule has 4 heteroatoms. The van der Waals surface area contributed by atoms with E-state index in [1.807, 2.05) is 11.8 Å². The van der Waals surface area contributed by atoms with Crippen molar-refractivity contribution in [2.45, 2.75) is 71.4 Å². The number of amides is 2. The third-order valence-corrected chi connectivity index (χ3v) is 4.38. The van der Waals surface area contributed by atoms with Crippen molar-refractivity contribution in [2.75, 3.05) is 6.54 Å². The molecule has 2 fully saturated rings. The number of hydrogen-bond acceptors (Lipinski definition) is 2. The Morgan fingerprint density at radius 3 is 2.55 bits per heavy atom. The van der Waals surface area contributed by atoms with Crippen molar-refractivity contribution in [1.29, 1.82) is 0 Å². The Bertz CT molecular complexity index is 363. The van der Waals surface area contributed by atoms with E-state index in [1.165, 1.54) is 19.3 Å². The molecule has 1 saturated heterocycles. The molecule has 1 aliphatic carbocycles. The number of carbonyl (C=O) groups is 2. The van der Waals surface area contributed by atoms with Crippen LogP contribution in [0.1, 0.15) is 59.3 Å². The number of nitrogens with one attached hydrogen (secondary N) is 1. The van der Waals surface area contributed by atoms with Crippen LogP contribution in [0.15, 0.2) is 0 Å². The first-order valence-electron chi connectivity index (χ1n) is 8.13. The Morgan fingerprint density at radius 2 is 2.00 bits per heavy atom. The largest absolute Gasteiger partial charge is 0.342 e. The number of hydrogen-bond donors (Lipinski definition) is 1. The van der Waals surface area contributed by atoms with Gasteiger partial charge in [0, 0.05) is 6.54 Å². The fraction of sp³-hybridized carbons (Fsp3) is 0.875. The van der Waals surface area contributed by atoms with Gasteiger partial charge in [-0.2, -0.15) is 0 Å². The molecule has 1 heterocycles. The monoisotopic (exact) mass is 280 g/mol. The second-order valence-electron chi connectivity index (χ2n) is 6.73. The van der Waals surface area contributed by atoms with Gasteiger partial charge >= 0.3 is 0 Å². The zero-order valence-corrected chi connectivity index (χ0v) is 13.0. The average molecular weight is 280 g/mol. The first-order valence-corrected chi connectivity index (χ1v) is 8.13. The molecule has 0 bridgehead atoms. The molecule has 2 unspecified atom stereocenters. The summed E-state index contributed by atoms with van der Waals surface area (Å²) in [7, 11) is 0. The first-order chi connectivity index (χ1) is 9.52. The van der Waals surface area contributed by atoms with Crippen molar-refractivity contribution in [2.24, 2.45) is 11.8 Å². The van der Waals surface area contributed by atoms with E-state index in [9.17, 15) is 9.59 Å². The van der Waals surface area contributed by atoms with Gasteiger partial charge in [-0.15, -0.1) is 0 Å². The molecule has 1 saturated carbocycles. The molecule has 1 N–H and O–H groups in total. The third-order valence-electron chi connectivity index (χ3n) is 4.38. The maximum atomic E-state index is 12.6. The summed E-state index contributed by atoms with van der Waals surface area (Å²) < 4.78 is 0. The van der Waals surface area contributed by atoms with Crippen LogP contribution in [0, 0.1) is 11.8 Å². The van der Waals surface area contributed by atoms with Gasteiger partial charge < -0.3 is 10.2 Å². The Balaban J connectivity index is 1.97. The number of piperazine rings is 1. The van der Waals surface area contributed by atoms with Crippen molar-refractivity contribution in [3.8, 4) is 0 Å². The fourth-order valence-corrected chi connectivity index (χ4v) is 3.08. The maximum absolute atomic E-state index is 12.6. The van der Waals surface area contributed by atoms with Gasteiger partial charge in [0.1, 0.15) is 12.1 Å². The molecule has 114 valence electrons. The Labute approximate surface area is 122 Å². The highest BCUT2D eigenvalue weighted by Crippen LogP contribution is 2.33. The lowest BCUT2D eigenvalue weighted by Crippen LogP contribution is -2.63. The average Bonchev–Trinajstić information content (AvgIpc) is 3.18. The van der Waals surface area contributed by atoms with E-state index in [1.54, 1.807) is 0 Å². The van der Waals surface area contributed by atoms with Gasteiger partial charge in [0.15, 0.2) is 0 Å². The van der Waals surface area contributed by atoms with Crippen molar-refractivity contribution < 1.29 is 9.59 Å². The quantitative estimate of drug-likeness (QED) is 0.778. The van der Waals surface area contributed by atoms with Crippen LogP contribution in [0.2, 0.25) is 0 Å². The van der Waals surface area contributed by atoms with Crippen LogP contribution in [0.3, 0.4) is 0 Å². The predicted molar refractivity (Wildman–Crippen MR) is 79.1 cm³/mol. The summed E-state index contributed by atoms with van der Waals surface area (Å²) in [4.78, 5) is 26.6. The third kappa shape index (κ3) is 3.74. The molecule has 0 aromatic rings. The summed E-state index contributed by atoms with van der Waals surface area (Å²) in [6.07, 6.45) is 6.38. The van der Waals surface area contributed by atoms with Crippen molar-refractivity contribution in [3.63, 3.8) is 0 Å². The minimum atomic E-state index is -0.314. The predicted octanol–water partition coefficient (Wildman–Crippen LogP) is 2.33. The summed E-state index contributed by atoms with van der Waals surface area (Å²) in [5.41, 5.74) is 0. The van der Waals surface area contributed by atoms with Gasteiger partial charge in [0.25, 0.3) is 0 Å².